The summed E-state index contributed by atoms with van der Waals surface area (Å²) in [4.78, 5) is 37.4. The van der Waals surface area contributed by atoms with E-state index in [1.807, 2.05) is 0 Å². The average Bonchev–Trinajstić information content (AvgIpc) is 2.51. The van der Waals surface area contributed by atoms with Crippen molar-refractivity contribution in [3.8, 4) is 0 Å². The number of nitrogens with zero attached hydrogens (tertiary/aromatic N) is 1. The number of carbonyl (C=O) groups is 3. The molecule has 0 fully saturated rings. The monoisotopic (exact) mass is 386 g/mol. The molecule has 0 unspecified atom stereocenters. The van der Waals surface area contributed by atoms with Gasteiger partial charge in [-0.2, -0.15) is 0 Å². The summed E-state index contributed by atoms with van der Waals surface area (Å²) in [5.41, 5.74) is -0.486. The van der Waals surface area contributed by atoms with Gasteiger partial charge in [0.2, 0.25) is 5.91 Å². The van der Waals surface area contributed by atoms with Gasteiger partial charge in [0.15, 0.2) is 5.78 Å². The molecule has 1 rings (SSSR count). The van der Waals surface area contributed by atoms with Crippen LogP contribution in [0.4, 0.5) is 9.18 Å². The molecule has 0 saturated carbocycles. The maximum absolute atomic E-state index is 13.1. The third kappa shape index (κ3) is 7.39. The smallest absolute Gasteiger partial charge is 0.407 e. The summed E-state index contributed by atoms with van der Waals surface area (Å²) in [7, 11) is 0. The Balaban J connectivity index is 2.68. The molecular formula is C18H24ClFN2O4. The number of carbonyl (C=O) groups excluding carboxylic acids is 3. The van der Waals surface area contributed by atoms with Gasteiger partial charge in [0.05, 0.1) is 11.6 Å². The molecule has 6 nitrogen and oxygen atoms in total. The highest BCUT2D eigenvalue weighted by atomic mass is 35.5. The molecule has 0 radical (unpaired) electrons. The summed E-state index contributed by atoms with van der Waals surface area (Å²) in [6, 6.07) is 3.47. The van der Waals surface area contributed by atoms with E-state index >= 15 is 0 Å². The molecule has 8 heteroatoms. The van der Waals surface area contributed by atoms with Crippen LogP contribution in [0.1, 0.15) is 44.5 Å². The van der Waals surface area contributed by atoms with E-state index in [1.165, 1.54) is 11.0 Å². The van der Waals surface area contributed by atoms with E-state index in [0.717, 1.165) is 12.1 Å². The lowest BCUT2D eigenvalue weighted by Crippen LogP contribution is -2.42. The molecule has 0 saturated heterocycles. The van der Waals surface area contributed by atoms with Crippen molar-refractivity contribution in [1.82, 2.24) is 10.2 Å². The Kier molecular flexibility index (Phi) is 8.02. The molecular weight excluding hydrogens is 363 g/mol. The molecule has 0 aliphatic rings. The first-order valence-corrected chi connectivity index (χ1v) is 8.64. The fourth-order valence-electron chi connectivity index (χ4n) is 2.10. The topological polar surface area (TPSA) is 75.7 Å². The molecule has 2 amide bonds. The number of ether oxygens (including phenoxy) is 1. The Morgan fingerprint density at radius 3 is 2.46 bits per heavy atom. The van der Waals surface area contributed by atoms with Gasteiger partial charge in [-0.1, -0.05) is 18.5 Å². The lowest BCUT2D eigenvalue weighted by Gasteiger charge is -2.23. The highest BCUT2D eigenvalue weighted by molar-refractivity contribution is 6.34. The average molecular weight is 387 g/mol. The third-order valence-corrected chi connectivity index (χ3v) is 3.58. The zero-order valence-corrected chi connectivity index (χ0v) is 16.2. The molecule has 0 aliphatic heterocycles. The highest BCUT2D eigenvalue weighted by Crippen LogP contribution is 2.18. The van der Waals surface area contributed by atoms with E-state index < -0.39 is 23.3 Å². The molecule has 1 aromatic rings. The van der Waals surface area contributed by atoms with Gasteiger partial charge in [0.1, 0.15) is 11.4 Å². The van der Waals surface area contributed by atoms with Crippen LogP contribution in [0.2, 0.25) is 5.02 Å². The van der Waals surface area contributed by atoms with E-state index in [2.05, 4.69) is 5.32 Å². The Labute approximate surface area is 157 Å². The molecule has 26 heavy (non-hydrogen) atoms. The molecule has 0 heterocycles. The third-order valence-electron chi connectivity index (χ3n) is 3.27. The fourth-order valence-corrected chi connectivity index (χ4v) is 2.37. The first-order valence-electron chi connectivity index (χ1n) is 8.26. The summed E-state index contributed by atoms with van der Waals surface area (Å²) >= 11 is 5.89. The van der Waals surface area contributed by atoms with E-state index in [4.69, 9.17) is 16.3 Å². The zero-order chi connectivity index (χ0) is 19.9. The van der Waals surface area contributed by atoms with Crippen molar-refractivity contribution in [3.63, 3.8) is 0 Å². The maximum Gasteiger partial charge on any atom is 0.407 e. The van der Waals surface area contributed by atoms with Crippen LogP contribution in [0.3, 0.4) is 0 Å². The molecule has 0 aromatic heterocycles. The Bertz CT molecular complexity index is 674. The van der Waals surface area contributed by atoms with E-state index in [1.54, 1.807) is 27.7 Å². The van der Waals surface area contributed by atoms with Crippen molar-refractivity contribution < 1.29 is 23.5 Å². The van der Waals surface area contributed by atoms with Gasteiger partial charge in [-0.05, 0) is 39.0 Å². The molecule has 0 bridgehead atoms. The van der Waals surface area contributed by atoms with Gasteiger partial charge < -0.3 is 15.0 Å². The van der Waals surface area contributed by atoms with Crippen molar-refractivity contribution in [2.45, 2.75) is 39.7 Å². The number of hydrogen-bond donors (Lipinski definition) is 1. The minimum atomic E-state index is -0.627. The predicted molar refractivity (Wildman–Crippen MR) is 96.8 cm³/mol. The highest BCUT2D eigenvalue weighted by Gasteiger charge is 2.20. The number of benzene rings is 1. The van der Waals surface area contributed by atoms with Crippen LogP contribution in [0, 0.1) is 5.82 Å². The van der Waals surface area contributed by atoms with Crippen LogP contribution in [0.5, 0.6) is 0 Å². The van der Waals surface area contributed by atoms with Gasteiger partial charge in [0.25, 0.3) is 0 Å². The lowest BCUT2D eigenvalue weighted by molar-refractivity contribution is -0.130. The number of amides is 2. The minimum absolute atomic E-state index is 0.00854. The Hall–Kier alpha value is -2.15. The van der Waals surface area contributed by atoms with E-state index in [-0.39, 0.29) is 42.5 Å². The first-order chi connectivity index (χ1) is 12.0. The molecule has 144 valence electrons. The summed E-state index contributed by atoms with van der Waals surface area (Å²) in [6.07, 6.45) is -0.397. The lowest BCUT2D eigenvalue weighted by atomic mass is 10.1. The second-order valence-corrected chi connectivity index (χ2v) is 7.05. The van der Waals surface area contributed by atoms with Crippen LogP contribution >= 0.6 is 11.6 Å². The number of hydrogen-bond acceptors (Lipinski definition) is 4. The normalized spacial score (nSPS) is 11.0. The molecule has 0 aliphatic carbocycles. The number of rotatable bonds is 7. The van der Waals surface area contributed by atoms with Gasteiger partial charge >= 0.3 is 6.09 Å². The quantitative estimate of drug-likeness (QED) is 0.728. The van der Waals surface area contributed by atoms with Crippen molar-refractivity contribution >= 4 is 29.4 Å². The fraction of sp³-hybridized carbons (Fsp3) is 0.500. The molecule has 1 N–H and O–H groups in total. The summed E-state index contributed by atoms with van der Waals surface area (Å²) in [5, 5.41) is 2.53. The Morgan fingerprint density at radius 1 is 1.27 bits per heavy atom. The summed E-state index contributed by atoms with van der Waals surface area (Å²) < 4.78 is 18.2. The minimum Gasteiger partial charge on any atom is -0.444 e. The number of ketones is 1. The predicted octanol–water partition coefficient (Wildman–Crippen LogP) is 3.43. The van der Waals surface area contributed by atoms with Crippen molar-refractivity contribution in [2.75, 3.05) is 19.6 Å². The van der Waals surface area contributed by atoms with Gasteiger partial charge in [-0.3, -0.25) is 9.59 Å². The SMILES string of the molecule is CCC(=O)N(CCNC(=O)OC(C)(C)C)CC(=O)c1ccc(F)cc1Cl. The van der Waals surface area contributed by atoms with Crippen molar-refractivity contribution in [2.24, 2.45) is 0 Å². The molecule has 0 atom stereocenters. The van der Waals surface area contributed by atoms with Crippen molar-refractivity contribution in [3.05, 3.63) is 34.6 Å². The second kappa shape index (κ2) is 9.52. The number of nitrogens with one attached hydrogen (secondary N) is 1. The van der Waals surface area contributed by atoms with Crippen LogP contribution in [-0.2, 0) is 9.53 Å². The maximum atomic E-state index is 13.1. The zero-order valence-electron chi connectivity index (χ0n) is 15.4. The van der Waals surface area contributed by atoms with Gasteiger partial charge in [0, 0.05) is 25.1 Å². The first kappa shape index (κ1) is 21.9. The summed E-state index contributed by atoms with van der Waals surface area (Å²) in [6.45, 7) is 6.95. The number of alkyl carbamates (subject to hydrolysis) is 1. The van der Waals surface area contributed by atoms with E-state index in [0.29, 0.717) is 0 Å². The number of halogens is 2. The van der Waals surface area contributed by atoms with Crippen LogP contribution in [0.15, 0.2) is 18.2 Å². The van der Waals surface area contributed by atoms with E-state index in [9.17, 15) is 18.8 Å². The molecule has 1 aromatic carbocycles. The van der Waals surface area contributed by atoms with Crippen LogP contribution < -0.4 is 5.32 Å². The van der Waals surface area contributed by atoms with Crippen LogP contribution in [-0.4, -0.2) is 47.9 Å². The van der Waals surface area contributed by atoms with Gasteiger partial charge in [-0.25, -0.2) is 9.18 Å². The molecule has 0 spiro atoms. The largest absolute Gasteiger partial charge is 0.444 e. The second-order valence-electron chi connectivity index (χ2n) is 6.64. The Morgan fingerprint density at radius 2 is 1.92 bits per heavy atom. The van der Waals surface area contributed by atoms with Crippen molar-refractivity contribution in [1.29, 1.82) is 0 Å². The van der Waals surface area contributed by atoms with Gasteiger partial charge in [-0.15, -0.1) is 0 Å². The standard InChI is InChI=1S/C18H24ClFN2O4/c1-5-16(24)22(9-8-21-17(25)26-18(2,3)4)11-15(23)13-7-6-12(20)10-14(13)19/h6-7,10H,5,8-9,11H2,1-4H3,(H,21,25). The number of Topliss-reactive ketones (excluding diaryl/α,β-unsaturated/α-hetero) is 1. The summed E-state index contributed by atoms with van der Waals surface area (Å²) in [5.74, 6) is -1.20. The van der Waals surface area contributed by atoms with Crippen LogP contribution in [0.25, 0.3) is 0 Å².